The van der Waals surface area contributed by atoms with Gasteiger partial charge in [-0.05, 0) is 88.2 Å². The van der Waals surface area contributed by atoms with E-state index in [1.807, 2.05) is 40.0 Å². The highest BCUT2D eigenvalue weighted by Crippen LogP contribution is 2.29. The van der Waals surface area contributed by atoms with Crippen LogP contribution in [-0.4, -0.2) is 70.1 Å². The summed E-state index contributed by atoms with van der Waals surface area (Å²) in [4.78, 5) is 22.8. The number of aryl methyl sites for hydroxylation is 1. The van der Waals surface area contributed by atoms with Crippen LogP contribution in [0, 0.1) is 11.8 Å². The molecule has 4 heterocycles. The summed E-state index contributed by atoms with van der Waals surface area (Å²) in [6.45, 7) is 13.9. The van der Waals surface area contributed by atoms with Crippen LogP contribution in [0.15, 0.2) is 36.7 Å². The van der Waals surface area contributed by atoms with Crippen LogP contribution in [0.4, 0.5) is 0 Å². The van der Waals surface area contributed by atoms with Crippen molar-refractivity contribution in [3.63, 3.8) is 0 Å². The molecule has 0 atom stereocenters. The van der Waals surface area contributed by atoms with Crippen molar-refractivity contribution in [3.05, 3.63) is 47.8 Å². The van der Waals surface area contributed by atoms with Crippen molar-refractivity contribution in [3.8, 4) is 17.1 Å². The molecule has 0 aromatic carbocycles. The van der Waals surface area contributed by atoms with E-state index in [4.69, 9.17) is 9.84 Å². The Kier molecular flexibility index (Phi) is 10.4. The van der Waals surface area contributed by atoms with Crippen LogP contribution < -0.4 is 4.74 Å². The number of hydrogen-bond acceptors (Lipinski definition) is 5. The summed E-state index contributed by atoms with van der Waals surface area (Å²) in [5.41, 5.74) is 4.84. The number of carbonyl (C=O) groups is 1. The fraction of sp³-hybridized carbons (Fsp3) is 0.594. The number of likely N-dealkylation sites (tertiary alicyclic amines) is 1. The second kappa shape index (κ2) is 13.9. The zero-order valence-electron chi connectivity index (χ0n) is 24.7. The van der Waals surface area contributed by atoms with E-state index in [0.29, 0.717) is 17.7 Å². The topological polar surface area (TPSA) is 63.0 Å². The van der Waals surface area contributed by atoms with Crippen molar-refractivity contribution in [2.75, 3.05) is 39.8 Å². The van der Waals surface area contributed by atoms with Crippen LogP contribution >= 0.6 is 0 Å². The number of rotatable bonds is 13. The number of hydrogen-bond donors (Lipinski definition) is 0. The predicted octanol–water partition coefficient (Wildman–Crippen LogP) is 6.36. The van der Waals surface area contributed by atoms with Crippen molar-refractivity contribution in [2.45, 2.75) is 72.6 Å². The Balaban J connectivity index is 1.64. The molecule has 39 heavy (non-hydrogen) atoms. The quantitative estimate of drug-likeness (QED) is 0.256. The lowest BCUT2D eigenvalue weighted by Crippen LogP contribution is -2.34. The molecule has 4 rings (SSSR count). The maximum Gasteiger partial charge on any atom is 0.253 e. The molecular weight excluding hydrogens is 486 g/mol. The van der Waals surface area contributed by atoms with Gasteiger partial charge in [0.05, 0.1) is 18.3 Å². The maximum atomic E-state index is 13.8. The molecule has 0 saturated carbocycles. The van der Waals surface area contributed by atoms with Gasteiger partial charge in [-0.25, -0.2) is 9.50 Å². The molecule has 0 N–H and O–H groups in total. The van der Waals surface area contributed by atoms with E-state index in [9.17, 15) is 4.79 Å². The summed E-state index contributed by atoms with van der Waals surface area (Å²) in [6.07, 6.45) is 11.7. The minimum atomic E-state index is 0.118. The molecule has 0 unspecified atom stereocenters. The first-order valence-electron chi connectivity index (χ1n) is 14.9. The minimum absolute atomic E-state index is 0.118. The SMILES string of the molecule is COc1ccc(-c2nn3ccc(C(=O)N(CCC(C)C)CCC(C)C)cc3c2CCCN2CCCCC2)cn1. The summed E-state index contributed by atoms with van der Waals surface area (Å²) >= 11 is 0. The van der Waals surface area contributed by atoms with E-state index < -0.39 is 0 Å². The van der Waals surface area contributed by atoms with Gasteiger partial charge in [-0.3, -0.25) is 4.79 Å². The lowest BCUT2D eigenvalue weighted by molar-refractivity contribution is 0.0741. The Morgan fingerprint density at radius 3 is 2.36 bits per heavy atom. The van der Waals surface area contributed by atoms with Gasteiger partial charge in [-0.2, -0.15) is 5.10 Å². The first kappa shape index (κ1) is 29.1. The van der Waals surface area contributed by atoms with Crippen LogP contribution in [0.1, 0.15) is 82.1 Å². The molecule has 1 aliphatic heterocycles. The second-order valence-electron chi connectivity index (χ2n) is 11.8. The van der Waals surface area contributed by atoms with Gasteiger partial charge in [-0.15, -0.1) is 0 Å². The first-order valence-corrected chi connectivity index (χ1v) is 14.9. The zero-order valence-corrected chi connectivity index (χ0v) is 24.7. The number of amides is 1. The van der Waals surface area contributed by atoms with E-state index in [2.05, 4.69) is 43.6 Å². The number of nitrogens with zero attached hydrogens (tertiary/aromatic N) is 5. The fourth-order valence-electron chi connectivity index (χ4n) is 5.34. The Bertz CT molecular complexity index is 1180. The summed E-state index contributed by atoms with van der Waals surface area (Å²) in [6, 6.07) is 7.89. The van der Waals surface area contributed by atoms with Crippen molar-refractivity contribution < 1.29 is 9.53 Å². The largest absolute Gasteiger partial charge is 0.481 e. The number of piperidine rings is 1. The highest BCUT2D eigenvalue weighted by Gasteiger charge is 2.21. The Morgan fingerprint density at radius 2 is 1.74 bits per heavy atom. The third-order valence-corrected chi connectivity index (χ3v) is 7.79. The zero-order chi connectivity index (χ0) is 27.8. The number of ether oxygens (including phenoxy) is 1. The molecule has 7 nitrogen and oxygen atoms in total. The molecule has 0 bridgehead atoms. The van der Waals surface area contributed by atoms with Crippen molar-refractivity contribution in [1.29, 1.82) is 0 Å². The highest BCUT2D eigenvalue weighted by atomic mass is 16.5. The lowest BCUT2D eigenvalue weighted by Gasteiger charge is -2.26. The van der Waals surface area contributed by atoms with Crippen LogP contribution in [0.3, 0.4) is 0 Å². The van der Waals surface area contributed by atoms with Crippen LogP contribution in [-0.2, 0) is 6.42 Å². The molecule has 212 valence electrons. The van der Waals surface area contributed by atoms with Gasteiger partial charge in [-0.1, -0.05) is 34.1 Å². The Labute approximate surface area is 234 Å². The maximum absolute atomic E-state index is 13.8. The number of methoxy groups -OCH3 is 1. The lowest BCUT2D eigenvalue weighted by atomic mass is 10.0. The summed E-state index contributed by atoms with van der Waals surface area (Å²) in [5.74, 6) is 1.82. The van der Waals surface area contributed by atoms with E-state index in [1.165, 1.54) is 37.9 Å². The average Bonchev–Trinajstić information content (AvgIpc) is 3.30. The first-order chi connectivity index (χ1) is 18.9. The van der Waals surface area contributed by atoms with Gasteiger partial charge in [0, 0.05) is 48.2 Å². The molecule has 0 spiro atoms. The van der Waals surface area contributed by atoms with E-state index in [0.717, 1.165) is 67.7 Å². The highest BCUT2D eigenvalue weighted by molar-refractivity contribution is 5.95. The van der Waals surface area contributed by atoms with Gasteiger partial charge in [0.2, 0.25) is 5.88 Å². The number of carbonyl (C=O) groups excluding carboxylic acids is 1. The van der Waals surface area contributed by atoms with Crippen molar-refractivity contribution >= 4 is 11.4 Å². The summed E-state index contributed by atoms with van der Waals surface area (Å²) < 4.78 is 7.21. The third-order valence-electron chi connectivity index (χ3n) is 7.79. The van der Waals surface area contributed by atoms with E-state index in [1.54, 1.807) is 7.11 Å². The van der Waals surface area contributed by atoms with E-state index in [-0.39, 0.29) is 5.91 Å². The second-order valence-corrected chi connectivity index (χ2v) is 11.8. The van der Waals surface area contributed by atoms with Gasteiger partial charge in [0.1, 0.15) is 0 Å². The van der Waals surface area contributed by atoms with Crippen molar-refractivity contribution in [1.82, 2.24) is 24.4 Å². The number of aromatic nitrogens is 3. The summed E-state index contributed by atoms with van der Waals surface area (Å²) in [5, 5.41) is 4.97. The van der Waals surface area contributed by atoms with Crippen LogP contribution in [0.25, 0.3) is 16.8 Å². The van der Waals surface area contributed by atoms with Gasteiger partial charge >= 0.3 is 0 Å². The average molecular weight is 534 g/mol. The third kappa shape index (κ3) is 7.81. The fourth-order valence-corrected chi connectivity index (χ4v) is 5.34. The number of fused-ring (bicyclic) bond motifs is 1. The predicted molar refractivity (Wildman–Crippen MR) is 158 cm³/mol. The van der Waals surface area contributed by atoms with Crippen LogP contribution in [0.2, 0.25) is 0 Å². The standard InChI is InChI=1S/C32H47N5O2/c1-24(2)13-19-36(20-14-25(3)4)32(38)26-15-21-37-29(22-26)28(10-9-18-35-16-7-6-8-17-35)31(34-37)27-11-12-30(39-5)33-23-27/h11-12,15,21-25H,6-10,13-14,16-20H2,1-5H3. The minimum Gasteiger partial charge on any atom is -0.481 e. The molecule has 1 saturated heterocycles. The molecule has 3 aromatic heterocycles. The number of pyridine rings is 2. The molecule has 3 aromatic rings. The van der Waals surface area contributed by atoms with Gasteiger partial charge in [0.15, 0.2) is 0 Å². The molecule has 7 heteroatoms. The molecular formula is C32H47N5O2. The Hall–Kier alpha value is -2.93. The monoisotopic (exact) mass is 533 g/mol. The molecule has 1 aliphatic rings. The molecule has 0 radical (unpaired) electrons. The molecule has 0 aliphatic carbocycles. The molecule has 1 fully saturated rings. The van der Waals surface area contributed by atoms with Gasteiger partial charge in [0.25, 0.3) is 5.91 Å². The summed E-state index contributed by atoms with van der Waals surface area (Å²) in [7, 11) is 1.63. The normalized spacial score (nSPS) is 14.4. The van der Waals surface area contributed by atoms with Gasteiger partial charge < -0.3 is 14.5 Å². The van der Waals surface area contributed by atoms with Crippen molar-refractivity contribution in [2.24, 2.45) is 11.8 Å². The Morgan fingerprint density at radius 1 is 1.03 bits per heavy atom. The molecule has 1 amide bonds. The van der Waals surface area contributed by atoms with E-state index >= 15 is 0 Å². The van der Waals surface area contributed by atoms with Crippen LogP contribution in [0.5, 0.6) is 5.88 Å². The smallest absolute Gasteiger partial charge is 0.253 e.